The molecular weight excluding hydrogens is 708 g/mol. The number of amides is 1. The first-order valence-corrected chi connectivity index (χ1v) is 16.6. The van der Waals surface area contributed by atoms with Crippen LogP contribution < -0.4 is 16.0 Å². The number of ether oxygens (including phenoxy) is 1. The van der Waals surface area contributed by atoms with E-state index in [2.05, 4.69) is 35.1 Å². The number of hydrogen-bond donors (Lipinski definition) is 2. The summed E-state index contributed by atoms with van der Waals surface area (Å²) in [4.78, 5) is 37.0. The minimum atomic E-state index is -0.494. The van der Waals surface area contributed by atoms with Crippen molar-refractivity contribution >= 4 is 75.6 Å². The molecule has 49 heavy (non-hydrogen) atoms. The summed E-state index contributed by atoms with van der Waals surface area (Å²) in [5, 5.41) is 5.26. The smallest absolute Gasteiger partial charge is 0.410 e. The third kappa shape index (κ3) is 9.60. The van der Waals surface area contributed by atoms with Crippen LogP contribution >= 0.6 is 46.4 Å². The van der Waals surface area contributed by atoms with Crippen LogP contribution in [0.15, 0.2) is 79.8 Å². The van der Waals surface area contributed by atoms with Crippen molar-refractivity contribution in [3.63, 3.8) is 0 Å². The van der Waals surface area contributed by atoms with Crippen molar-refractivity contribution in [3.8, 4) is 22.3 Å². The van der Waals surface area contributed by atoms with E-state index in [9.17, 15) is 4.79 Å². The summed E-state index contributed by atoms with van der Waals surface area (Å²) >= 11 is 24.7. The number of carbonyl (C=O) groups is 1. The van der Waals surface area contributed by atoms with E-state index in [4.69, 9.17) is 56.9 Å². The zero-order valence-electron chi connectivity index (χ0n) is 26.9. The molecule has 0 radical (unpaired) electrons. The quantitative estimate of drug-likeness (QED) is 0.180. The highest BCUT2D eigenvalue weighted by molar-refractivity contribution is 6.37. The van der Waals surface area contributed by atoms with Crippen LogP contribution in [0.4, 0.5) is 27.9 Å². The van der Waals surface area contributed by atoms with Crippen LogP contribution in [-0.4, -0.2) is 67.7 Å². The number of nitrogen functional groups attached to an aromatic ring is 1. The largest absolute Gasteiger partial charge is 0.444 e. The maximum Gasteiger partial charge on any atom is 0.410 e. The number of nitrogens with one attached hydrogen (secondary N) is 1. The number of pyridine rings is 5. The number of hydrogen-bond acceptors (Lipinski definition) is 10. The predicted octanol–water partition coefficient (Wildman–Crippen LogP) is 8.68. The second kappa shape index (κ2) is 15.9. The van der Waals surface area contributed by atoms with Crippen molar-refractivity contribution < 1.29 is 9.53 Å². The Morgan fingerprint density at radius 1 is 0.714 bits per heavy atom. The summed E-state index contributed by atoms with van der Waals surface area (Å²) < 4.78 is 5.46. The highest BCUT2D eigenvalue weighted by atomic mass is 35.5. The Hall–Kier alpha value is -4.42. The molecule has 11 nitrogen and oxygen atoms in total. The van der Waals surface area contributed by atoms with Crippen LogP contribution in [0, 0.1) is 0 Å². The molecule has 3 N–H and O–H groups in total. The average molecular weight is 742 g/mol. The van der Waals surface area contributed by atoms with Crippen molar-refractivity contribution in [2.24, 2.45) is 0 Å². The Morgan fingerprint density at radius 2 is 1.29 bits per heavy atom. The number of halogens is 4. The van der Waals surface area contributed by atoms with E-state index in [1.807, 2.05) is 32.9 Å². The molecule has 1 amide bonds. The van der Waals surface area contributed by atoms with Gasteiger partial charge < -0.3 is 25.6 Å². The van der Waals surface area contributed by atoms with Gasteiger partial charge in [-0.2, -0.15) is 0 Å². The third-order valence-electron chi connectivity index (χ3n) is 7.15. The second-order valence-electron chi connectivity index (χ2n) is 11.8. The molecule has 0 aromatic carbocycles. The van der Waals surface area contributed by atoms with Crippen molar-refractivity contribution in [3.05, 3.63) is 99.9 Å². The fourth-order valence-corrected chi connectivity index (χ4v) is 5.74. The lowest BCUT2D eigenvalue weighted by molar-refractivity contribution is 0.0240. The standard InChI is InChI=1S/C24H26Cl2N6O2.C10H7Cl2N3/c1-24(2,3)34-23(33)32-10-8-31(9-11-32)16-4-5-21(28-13-16)30-22-12-19(25)18(14-29-22)17-6-7-27-15-20(17)26;11-8-3-10(13)15-4-7(8)6-1-2-14-5-9(6)12/h4-7,12-15H,8-11H2,1-3H3,(H,28,29,30);1-5H,(H2,13,15). The summed E-state index contributed by atoms with van der Waals surface area (Å²) in [5.74, 6) is 1.61. The van der Waals surface area contributed by atoms with Crippen molar-refractivity contribution in [1.82, 2.24) is 29.8 Å². The first-order valence-electron chi connectivity index (χ1n) is 15.1. The van der Waals surface area contributed by atoms with Gasteiger partial charge in [0, 0.05) is 91.7 Å². The van der Waals surface area contributed by atoms with Gasteiger partial charge in [-0.3, -0.25) is 9.97 Å². The number of rotatable bonds is 5. The molecule has 254 valence electrons. The summed E-state index contributed by atoms with van der Waals surface area (Å²) in [7, 11) is 0. The maximum absolute atomic E-state index is 12.3. The van der Waals surface area contributed by atoms with Gasteiger partial charge in [-0.25, -0.2) is 19.7 Å². The van der Waals surface area contributed by atoms with E-state index in [0.717, 1.165) is 27.9 Å². The Kier molecular flexibility index (Phi) is 11.6. The molecule has 0 atom stereocenters. The maximum atomic E-state index is 12.3. The summed E-state index contributed by atoms with van der Waals surface area (Å²) in [5.41, 5.74) is 9.05. The molecule has 0 unspecified atom stereocenters. The fraction of sp³-hybridized carbons (Fsp3) is 0.235. The Morgan fingerprint density at radius 3 is 1.80 bits per heavy atom. The van der Waals surface area contributed by atoms with Gasteiger partial charge in [0.15, 0.2) is 0 Å². The van der Waals surface area contributed by atoms with E-state index < -0.39 is 5.60 Å². The average Bonchev–Trinajstić information content (AvgIpc) is 3.06. The van der Waals surface area contributed by atoms with Gasteiger partial charge in [0.25, 0.3) is 0 Å². The lowest BCUT2D eigenvalue weighted by Crippen LogP contribution is -2.50. The zero-order chi connectivity index (χ0) is 35.1. The highest BCUT2D eigenvalue weighted by Gasteiger charge is 2.26. The topological polar surface area (TPSA) is 135 Å². The first kappa shape index (κ1) is 35.9. The molecule has 1 aliphatic rings. The lowest BCUT2D eigenvalue weighted by atomic mass is 10.1. The minimum absolute atomic E-state index is 0.270. The van der Waals surface area contributed by atoms with Crippen molar-refractivity contribution in [2.45, 2.75) is 26.4 Å². The van der Waals surface area contributed by atoms with Gasteiger partial charge in [0.1, 0.15) is 23.1 Å². The molecule has 1 saturated heterocycles. The van der Waals surface area contributed by atoms with E-state index in [1.54, 1.807) is 72.5 Å². The molecular formula is C34H33Cl4N9O2. The first-order chi connectivity index (χ1) is 23.4. The van der Waals surface area contributed by atoms with Gasteiger partial charge in [-0.1, -0.05) is 46.4 Å². The van der Waals surface area contributed by atoms with Crippen LogP contribution in [0.5, 0.6) is 0 Å². The van der Waals surface area contributed by atoms with Crippen LogP contribution in [0.2, 0.25) is 20.1 Å². The van der Waals surface area contributed by atoms with Crippen LogP contribution in [0.25, 0.3) is 22.3 Å². The van der Waals surface area contributed by atoms with Crippen LogP contribution in [0.1, 0.15) is 20.8 Å². The van der Waals surface area contributed by atoms with Crippen molar-refractivity contribution in [1.29, 1.82) is 0 Å². The monoisotopic (exact) mass is 739 g/mol. The minimum Gasteiger partial charge on any atom is -0.444 e. The number of anilines is 4. The lowest BCUT2D eigenvalue weighted by Gasteiger charge is -2.36. The number of nitrogens with zero attached hydrogens (tertiary/aromatic N) is 7. The van der Waals surface area contributed by atoms with Crippen LogP contribution in [-0.2, 0) is 4.74 Å². The molecule has 6 heterocycles. The number of piperazine rings is 1. The second-order valence-corrected chi connectivity index (χ2v) is 13.5. The van der Waals surface area contributed by atoms with Crippen LogP contribution in [0.3, 0.4) is 0 Å². The SMILES string of the molecule is CC(C)(C)OC(=O)N1CCN(c2ccc(Nc3cc(Cl)c(-c4ccncc4Cl)cn3)nc2)CC1.Nc1cc(Cl)c(-c2ccncc2Cl)cn1. The van der Waals surface area contributed by atoms with E-state index in [-0.39, 0.29) is 6.09 Å². The predicted molar refractivity (Wildman–Crippen MR) is 197 cm³/mol. The molecule has 6 rings (SSSR count). The molecule has 1 aliphatic heterocycles. The number of aromatic nitrogens is 5. The third-order valence-corrected chi connectivity index (χ3v) is 8.38. The highest BCUT2D eigenvalue weighted by Crippen LogP contribution is 2.34. The van der Waals surface area contributed by atoms with E-state index in [1.165, 1.54) is 0 Å². The molecule has 5 aromatic rings. The van der Waals surface area contributed by atoms with Gasteiger partial charge >= 0.3 is 6.09 Å². The molecule has 0 aliphatic carbocycles. The molecule has 0 spiro atoms. The Bertz CT molecular complexity index is 1920. The zero-order valence-corrected chi connectivity index (χ0v) is 29.9. The molecule has 5 aromatic heterocycles. The Labute approximate surface area is 304 Å². The molecule has 1 fully saturated rings. The molecule has 0 bridgehead atoms. The summed E-state index contributed by atoms with van der Waals surface area (Å²) in [6, 6.07) is 10.8. The summed E-state index contributed by atoms with van der Waals surface area (Å²) in [6.45, 7) is 8.24. The van der Waals surface area contributed by atoms with Crippen molar-refractivity contribution in [2.75, 3.05) is 42.1 Å². The van der Waals surface area contributed by atoms with Gasteiger partial charge in [0.05, 0.1) is 32.0 Å². The number of carbonyl (C=O) groups excluding carboxylic acids is 1. The molecule has 0 saturated carbocycles. The van der Waals surface area contributed by atoms with Gasteiger partial charge in [-0.15, -0.1) is 0 Å². The Balaban J connectivity index is 0.000000259. The van der Waals surface area contributed by atoms with E-state index in [0.29, 0.717) is 63.7 Å². The van der Waals surface area contributed by atoms with Gasteiger partial charge in [0.2, 0.25) is 0 Å². The number of nitrogens with two attached hydrogens (primary N) is 1. The van der Waals surface area contributed by atoms with E-state index >= 15 is 0 Å². The van der Waals surface area contributed by atoms with Gasteiger partial charge in [-0.05, 0) is 51.1 Å². The fourth-order valence-electron chi connectivity index (χ4n) is 4.78. The summed E-state index contributed by atoms with van der Waals surface area (Å²) in [6.07, 6.45) is 11.2. The normalized spacial score (nSPS) is 13.0. The molecule has 15 heteroatoms.